The number of hydrogen-bond acceptors (Lipinski definition) is 3. The molecule has 0 unspecified atom stereocenters. The van der Waals surface area contributed by atoms with Crippen LogP contribution < -0.4 is 4.74 Å². The Morgan fingerprint density at radius 2 is 2.17 bits per heavy atom. The second kappa shape index (κ2) is 4.94. The van der Waals surface area contributed by atoms with E-state index in [1.54, 1.807) is 22.2 Å². The van der Waals surface area contributed by atoms with Crippen LogP contribution in [0.2, 0.25) is 5.15 Å². The molecule has 1 saturated carbocycles. The first kappa shape index (κ1) is 12.1. The average Bonchev–Trinajstić information content (AvgIpc) is 3.04. The van der Waals surface area contributed by atoms with Crippen molar-refractivity contribution in [3.63, 3.8) is 0 Å². The lowest BCUT2D eigenvalue weighted by molar-refractivity contribution is 0.210. The SMILES string of the molecule is Cc1ccc(-n2ncc(OC3CCCC3)c2Cl)s1. The molecule has 96 valence electrons. The molecule has 5 heteroatoms. The third-order valence-electron chi connectivity index (χ3n) is 3.21. The summed E-state index contributed by atoms with van der Waals surface area (Å²) in [7, 11) is 0. The van der Waals surface area contributed by atoms with E-state index < -0.39 is 0 Å². The van der Waals surface area contributed by atoms with Gasteiger partial charge >= 0.3 is 0 Å². The van der Waals surface area contributed by atoms with E-state index >= 15 is 0 Å². The van der Waals surface area contributed by atoms with E-state index in [0.717, 1.165) is 17.8 Å². The Kier molecular flexibility index (Phi) is 3.31. The van der Waals surface area contributed by atoms with Gasteiger partial charge in [-0.2, -0.15) is 5.10 Å². The zero-order valence-corrected chi connectivity index (χ0v) is 11.8. The van der Waals surface area contributed by atoms with Gasteiger partial charge in [0.15, 0.2) is 10.9 Å². The van der Waals surface area contributed by atoms with E-state index in [1.807, 2.05) is 6.07 Å². The van der Waals surface area contributed by atoms with Crippen LogP contribution in [0.25, 0.3) is 5.00 Å². The molecule has 2 aromatic rings. The summed E-state index contributed by atoms with van der Waals surface area (Å²) in [4.78, 5) is 1.25. The van der Waals surface area contributed by atoms with Gasteiger partial charge in [0, 0.05) is 4.88 Å². The lowest BCUT2D eigenvalue weighted by atomic mass is 10.3. The Morgan fingerprint density at radius 3 is 2.83 bits per heavy atom. The fourth-order valence-electron chi connectivity index (χ4n) is 2.27. The smallest absolute Gasteiger partial charge is 0.177 e. The highest BCUT2D eigenvalue weighted by atomic mass is 35.5. The first-order valence-corrected chi connectivity index (χ1v) is 7.40. The summed E-state index contributed by atoms with van der Waals surface area (Å²) in [6.07, 6.45) is 6.78. The van der Waals surface area contributed by atoms with E-state index in [9.17, 15) is 0 Å². The van der Waals surface area contributed by atoms with E-state index in [4.69, 9.17) is 16.3 Å². The Labute approximate surface area is 115 Å². The fourth-order valence-corrected chi connectivity index (χ4v) is 3.38. The maximum Gasteiger partial charge on any atom is 0.177 e. The predicted octanol–water partition coefficient (Wildman–Crippen LogP) is 4.22. The minimum absolute atomic E-state index is 0.310. The van der Waals surface area contributed by atoms with Crippen molar-refractivity contribution in [3.05, 3.63) is 28.4 Å². The van der Waals surface area contributed by atoms with Gasteiger partial charge in [0.2, 0.25) is 0 Å². The second-order valence-corrected chi connectivity index (χ2v) is 6.24. The summed E-state index contributed by atoms with van der Waals surface area (Å²) in [5, 5.41) is 5.91. The van der Waals surface area contributed by atoms with Crippen molar-refractivity contribution in [2.75, 3.05) is 0 Å². The van der Waals surface area contributed by atoms with Crippen molar-refractivity contribution >= 4 is 22.9 Å². The third-order valence-corrected chi connectivity index (χ3v) is 4.53. The Morgan fingerprint density at radius 1 is 1.39 bits per heavy atom. The van der Waals surface area contributed by atoms with Gasteiger partial charge in [0.1, 0.15) is 5.00 Å². The normalized spacial score (nSPS) is 16.3. The summed E-state index contributed by atoms with van der Waals surface area (Å²) >= 11 is 8.00. The largest absolute Gasteiger partial charge is 0.485 e. The summed E-state index contributed by atoms with van der Waals surface area (Å²) in [6.45, 7) is 2.07. The molecule has 0 bridgehead atoms. The van der Waals surface area contributed by atoms with Crippen LogP contribution in [0.1, 0.15) is 30.6 Å². The molecule has 3 nitrogen and oxygen atoms in total. The number of ether oxygens (including phenoxy) is 1. The Balaban J connectivity index is 1.83. The number of aromatic nitrogens is 2. The average molecular weight is 283 g/mol. The van der Waals surface area contributed by atoms with E-state index in [1.165, 1.54) is 17.7 Å². The molecule has 0 spiro atoms. The first-order chi connectivity index (χ1) is 8.74. The second-order valence-electron chi connectivity index (χ2n) is 4.62. The van der Waals surface area contributed by atoms with Crippen LogP contribution in [0.15, 0.2) is 18.3 Å². The molecule has 2 heterocycles. The lowest BCUT2D eigenvalue weighted by Gasteiger charge is -2.11. The highest BCUT2D eigenvalue weighted by Gasteiger charge is 2.20. The molecular weight excluding hydrogens is 268 g/mol. The first-order valence-electron chi connectivity index (χ1n) is 6.21. The highest BCUT2D eigenvalue weighted by Crippen LogP contribution is 2.32. The topological polar surface area (TPSA) is 27.1 Å². The zero-order chi connectivity index (χ0) is 12.5. The molecule has 0 amide bonds. The van der Waals surface area contributed by atoms with Crippen molar-refractivity contribution in [2.45, 2.75) is 38.7 Å². The van der Waals surface area contributed by atoms with Crippen LogP contribution in [0, 0.1) is 6.92 Å². The maximum atomic E-state index is 6.33. The molecule has 0 saturated heterocycles. The van der Waals surface area contributed by atoms with Gasteiger partial charge < -0.3 is 4.74 Å². The number of hydrogen-bond donors (Lipinski definition) is 0. The summed E-state index contributed by atoms with van der Waals surface area (Å²) in [5.74, 6) is 0.703. The zero-order valence-electron chi connectivity index (χ0n) is 10.2. The molecule has 0 atom stereocenters. The van der Waals surface area contributed by atoms with Gasteiger partial charge in [0.05, 0.1) is 12.3 Å². The molecule has 3 rings (SSSR count). The number of nitrogens with zero attached hydrogens (tertiary/aromatic N) is 2. The van der Waals surface area contributed by atoms with Crippen molar-refractivity contribution < 1.29 is 4.74 Å². The van der Waals surface area contributed by atoms with Crippen LogP contribution >= 0.6 is 22.9 Å². The third kappa shape index (κ3) is 2.27. The van der Waals surface area contributed by atoms with Crippen LogP contribution in [-0.4, -0.2) is 15.9 Å². The number of rotatable bonds is 3. The maximum absolute atomic E-state index is 6.33. The van der Waals surface area contributed by atoms with Gasteiger partial charge in [-0.3, -0.25) is 0 Å². The van der Waals surface area contributed by atoms with Crippen LogP contribution in [0.3, 0.4) is 0 Å². The van der Waals surface area contributed by atoms with E-state index in [2.05, 4.69) is 18.1 Å². The van der Waals surface area contributed by atoms with Crippen LogP contribution in [0.5, 0.6) is 5.75 Å². The van der Waals surface area contributed by atoms with Crippen LogP contribution in [-0.2, 0) is 0 Å². The quantitative estimate of drug-likeness (QED) is 0.843. The lowest BCUT2D eigenvalue weighted by Crippen LogP contribution is -2.10. The van der Waals surface area contributed by atoms with E-state index in [-0.39, 0.29) is 0 Å². The molecular formula is C13H15ClN2OS. The fraction of sp³-hybridized carbons (Fsp3) is 0.462. The van der Waals surface area contributed by atoms with Gasteiger partial charge in [-0.05, 0) is 44.7 Å². The molecule has 18 heavy (non-hydrogen) atoms. The molecule has 1 aliphatic carbocycles. The van der Waals surface area contributed by atoms with Crippen molar-refractivity contribution in [1.82, 2.24) is 9.78 Å². The molecule has 0 radical (unpaired) electrons. The monoisotopic (exact) mass is 282 g/mol. The van der Waals surface area contributed by atoms with Crippen LogP contribution in [0.4, 0.5) is 0 Å². The number of thiophene rings is 1. The number of halogens is 1. The number of aryl methyl sites for hydroxylation is 1. The van der Waals surface area contributed by atoms with Crippen molar-refractivity contribution in [3.8, 4) is 10.8 Å². The molecule has 2 aromatic heterocycles. The predicted molar refractivity (Wildman–Crippen MR) is 74.1 cm³/mol. The molecule has 0 N–H and O–H groups in total. The van der Waals surface area contributed by atoms with Crippen molar-refractivity contribution in [2.24, 2.45) is 0 Å². The molecule has 1 aliphatic rings. The summed E-state index contributed by atoms with van der Waals surface area (Å²) in [6, 6.07) is 4.09. The molecule has 0 aliphatic heterocycles. The molecule has 1 fully saturated rings. The summed E-state index contributed by atoms with van der Waals surface area (Å²) in [5.41, 5.74) is 0. The van der Waals surface area contributed by atoms with Gasteiger partial charge in [0.25, 0.3) is 0 Å². The molecule has 0 aromatic carbocycles. The van der Waals surface area contributed by atoms with Crippen molar-refractivity contribution in [1.29, 1.82) is 0 Å². The van der Waals surface area contributed by atoms with Gasteiger partial charge in [-0.1, -0.05) is 11.6 Å². The Hall–Kier alpha value is -1.000. The van der Waals surface area contributed by atoms with E-state index in [0.29, 0.717) is 17.0 Å². The van der Waals surface area contributed by atoms with Gasteiger partial charge in [-0.25, -0.2) is 4.68 Å². The van der Waals surface area contributed by atoms with Gasteiger partial charge in [-0.15, -0.1) is 11.3 Å². The summed E-state index contributed by atoms with van der Waals surface area (Å²) < 4.78 is 7.64. The standard InChI is InChI=1S/C13H15ClN2OS/c1-9-6-7-12(18-9)16-13(14)11(8-15-16)17-10-4-2-3-5-10/h6-8,10H,2-5H2,1H3. The highest BCUT2D eigenvalue weighted by molar-refractivity contribution is 7.14. The minimum Gasteiger partial charge on any atom is -0.485 e. The minimum atomic E-state index is 0.310. The Bertz CT molecular complexity index is 543.